The number of methoxy groups -OCH3 is 1. The number of ether oxygens (including phenoxy) is 2. The molecule has 1 aliphatic rings. The number of rotatable bonds is 5. The molecule has 1 N–H and O–H groups in total. The number of amides is 1. The fraction of sp³-hybridized carbons (Fsp3) is 0.385. The molecule has 1 amide bonds. The molecule has 1 saturated heterocycles. The van der Waals surface area contributed by atoms with Gasteiger partial charge in [-0.05, 0) is 36.4 Å². The lowest BCUT2D eigenvalue weighted by atomic mass is 10.3. The van der Waals surface area contributed by atoms with Crippen LogP contribution in [0.2, 0.25) is 0 Å². The Morgan fingerprint density at radius 3 is 2.74 bits per heavy atom. The largest absolute Gasteiger partial charge is 0.497 e. The van der Waals surface area contributed by atoms with Gasteiger partial charge >= 0.3 is 0 Å². The van der Waals surface area contributed by atoms with Crippen LogP contribution < -0.4 is 14.9 Å². The summed E-state index contributed by atoms with van der Waals surface area (Å²) in [6.07, 6.45) is 0.949. The van der Waals surface area contributed by atoms with Gasteiger partial charge in [0.15, 0.2) is 6.61 Å². The predicted octanol–water partition coefficient (Wildman–Crippen LogP) is 1.68. The molecule has 0 radical (unpaired) electrons. The Bertz CT molecular complexity index is 451. The number of thioether (sulfide) groups is 1. The van der Waals surface area contributed by atoms with Crippen LogP contribution in [0.15, 0.2) is 29.4 Å². The van der Waals surface area contributed by atoms with E-state index in [1.165, 1.54) is 0 Å². The van der Waals surface area contributed by atoms with E-state index in [0.29, 0.717) is 5.75 Å². The molecule has 1 aromatic carbocycles. The van der Waals surface area contributed by atoms with Gasteiger partial charge in [-0.15, -0.1) is 0 Å². The zero-order valence-corrected chi connectivity index (χ0v) is 11.5. The number of hydrazone groups is 1. The van der Waals surface area contributed by atoms with E-state index < -0.39 is 0 Å². The average molecular weight is 280 g/mol. The maximum absolute atomic E-state index is 11.5. The average Bonchev–Trinajstić information content (AvgIpc) is 2.96. The van der Waals surface area contributed by atoms with Gasteiger partial charge in [-0.3, -0.25) is 4.79 Å². The van der Waals surface area contributed by atoms with Gasteiger partial charge in [-0.25, -0.2) is 5.43 Å². The Morgan fingerprint density at radius 1 is 1.37 bits per heavy atom. The van der Waals surface area contributed by atoms with Crippen LogP contribution in [0.25, 0.3) is 0 Å². The van der Waals surface area contributed by atoms with Crippen molar-refractivity contribution in [1.82, 2.24) is 5.43 Å². The molecule has 19 heavy (non-hydrogen) atoms. The first-order valence-corrected chi connectivity index (χ1v) is 7.12. The Kier molecular flexibility index (Phi) is 5.09. The fourth-order valence-electron chi connectivity index (χ4n) is 1.53. The highest BCUT2D eigenvalue weighted by Gasteiger charge is 2.09. The van der Waals surface area contributed by atoms with Crippen LogP contribution in [0.3, 0.4) is 0 Å². The van der Waals surface area contributed by atoms with Gasteiger partial charge in [0.2, 0.25) is 0 Å². The van der Waals surface area contributed by atoms with Gasteiger partial charge in [-0.1, -0.05) is 0 Å². The Morgan fingerprint density at radius 2 is 2.11 bits per heavy atom. The van der Waals surface area contributed by atoms with Crippen molar-refractivity contribution in [2.75, 3.05) is 25.2 Å². The number of carbonyl (C=O) groups is 1. The van der Waals surface area contributed by atoms with E-state index >= 15 is 0 Å². The molecule has 1 aromatic rings. The maximum atomic E-state index is 11.5. The number of nitrogens with zero attached hydrogens (tertiary/aromatic N) is 1. The minimum Gasteiger partial charge on any atom is -0.497 e. The van der Waals surface area contributed by atoms with Gasteiger partial charge in [0.05, 0.1) is 7.11 Å². The van der Waals surface area contributed by atoms with Gasteiger partial charge in [0.1, 0.15) is 11.5 Å². The fourth-order valence-corrected chi connectivity index (χ4v) is 2.50. The summed E-state index contributed by atoms with van der Waals surface area (Å²) < 4.78 is 10.4. The van der Waals surface area contributed by atoms with Crippen molar-refractivity contribution < 1.29 is 14.3 Å². The second kappa shape index (κ2) is 7.04. The number of hydrogen-bond acceptors (Lipinski definition) is 5. The molecule has 0 unspecified atom stereocenters. The summed E-state index contributed by atoms with van der Waals surface area (Å²) in [6, 6.07) is 7.07. The highest BCUT2D eigenvalue weighted by molar-refractivity contribution is 8.00. The third-order valence-corrected chi connectivity index (χ3v) is 3.60. The highest BCUT2D eigenvalue weighted by atomic mass is 32.2. The molecule has 1 fully saturated rings. The topological polar surface area (TPSA) is 59.9 Å². The molecular weight excluding hydrogens is 264 g/mol. The monoisotopic (exact) mass is 280 g/mol. The van der Waals surface area contributed by atoms with Crippen molar-refractivity contribution in [3.05, 3.63) is 24.3 Å². The molecule has 1 aliphatic heterocycles. The molecule has 1 heterocycles. The SMILES string of the molecule is COc1ccc(OCC(=O)N/N=C2/CCSC2)cc1. The summed E-state index contributed by atoms with van der Waals surface area (Å²) in [4.78, 5) is 11.5. The van der Waals surface area contributed by atoms with Gasteiger partial charge < -0.3 is 9.47 Å². The van der Waals surface area contributed by atoms with Crippen LogP contribution in [0.4, 0.5) is 0 Å². The molecule has 102 valence electrons. The van der Waals surface area contributed by atoms with Gasteiger partial charge in [0.25, 0.3) is 5.91 Å². The molecule has 0 spiro atoms. The van der Waals surface area contributed by atoms with E-state index in [9.17, 15) is 4.79 Å². The molecule has 0 aromatic heterocycles. The molecule has 0 bridgehead atoms. The Labute approximate surface area is 116 Å². The number of benzene rings is 1. The summed E-state index contributed by atoms with van der Waals surface area (Å²) >= 11 is 1.82. The third kappa shape index (κ3) is 4.48. The van der Waals surface area contributed by atoms with E-state index in [2.05, 4.69) is 10.5 Å². The van der Waals surface area contributed by atoms with E-state index in [0.717, 1.165) is 29.4 Å². The Balaban J connectivity index is 1.74. The van der Waals surface area contributed by atoms with E-state index in [4.69, 9.17) is 9.47 Å². The minimum absolute atomic E-state index is 0.0454. The standard InChI is InChI=1S/C13H16N2O3S/c1-17-11-2-4-12(5-3-11)18-8-13(16)15-14-10-6-7-19-9-10/h2-5H,6-9H2,1H3,(H,15,16)/b14-10-. The first-order valence-electron chi connectivity index (χ1n) is 5.97. The summed E-state index contributed by atoms with van der Waals surface area (Å²) in [5.74, 6) is 3.11. The number of carbonyl (C=O) groups excluding carboxylic acids is 1. The van der Waals surface area contributed by atoms with Crippen molar-refractivity contribution in [2.24, 2.45) is 5.10 Å². The van der Waals surface area contributed by atoms with Crippen molar-refractivity contribution in [1.29, 1.82) is 0 Å². The first kappa shape index (κ1) is 13.7. The number of hydrogen-bond donors (Lipinski definition) is 1. The number of nitrogens with one attached hydrogen (secondary N) is 1. The molecule has 0 atom stereocenters. The van der Waals surface area contributed by atoms with Crippen molar-refractivity contribution in [2.45, 2.75) is 6.42 Å². The van der Waals surface area contributed by atoms with Crippen LogP contribution >= 0.6 is 11.8 Å². The third-order valence-electron chi connectivity index (χ3n) is 2.57. The quantitative estimate of drug-likeness (QED) is 0.834. The van der Waals surface area contributed by atoms with Crippen molar-refractivity contribution in [3.8, 4) is 11.5 Å². The molecule has 0 aliphatic carbocycles. The predicted molar refractivity (Wildman–Crippen MR) is 76.0 cm³/mol. The maximum Gasteiger partial charge on any atom is 0.277 e. The smallest absolute Gasteiger partial charge is 0.277 e. The summed E-state index contributed by atoms with van der Waals surface area (Å²) in [5.41, 5.74) is 3.53. The molecule has 0 saturated carbocycles. The summed E-state index contributed by atoms with van der Waals surface area (Å²) in [6.45, 7) is -0.0454. The van der Waals surface area contributed by atoms with Crippen LogP contribution in [0.1, 0.15) is 6.42 Å². The van der Waals surface area contributed by atoms with Gasteiger partial charge in [-0.2, -0.15) is 16.9 Å². The molecular formula is C13H16N2O3S. The van der Waals surface area contributed by atoms with Crippen LogP contribution in [-0.4, -0.2) is 36.8 Å². The van der Waals surface area contributed by atoms with Crippen molar-refractivity contribution in [3.63, 3.8) is 0 Å². The molecule has 2 rings (SSSR count). The zero-order chi connectivity index (χ0) is 13.5. The minimum atomic E-state index is -0.250. The highest BCUT2D eigenvalue weighted by Crippen LogP contribution is 2.16. The van der Waals surface area contributed by atoms with Crippen molar-refractivity contribution >= 4 is 23.4 Å². The Hall–Kier alpha value is -1.69. The zero-order valence-electron chi connectivity index (χ0n) is 10.7. The van der Waals surface area contributed by atoms with E-state index in [1.807, 2.05) is 11.8 Å². The van der Waals surface area contributed by atoms with E-state index in [1.54, 1.807) is 31.4 Å². The van der Waals surface area contributed by atoms with E-state index in [-0.39, 0.29) is 12.5 Å². The normalized spacial score (nSPS) is 16.4. The van der Waals surface area contributed by atoms with Gasteiger partial charge in [0, 0.05) is 11.5 Å². The second-order valence-corrected chi connectivity index (χ2v) is 5.08. The lowest BCUT2D eigenvalue weighted by Crippen LogP contribution is -2.25. The van der Waals surface area contributed by atoms with Crippen LogP contribution in [0.5, 0.6) is 11.5 Å². The lowest BCUT2D eigenvalue weighted by molar-refractivity contribution is -0.123. The molecule has 6 heteroatoms. The lowest BCUT2D eigenvalue weighted by Gasteiger charge is -2.06. The first-order chi connectivity index (χ1) is 9.28. The van der Waals surface area contributed by atoms with Crippen LogP contribution in [-0.2, 0) is 4.79 Å². The second-order valence-electron chi connectivity index (χ2n) is 3.98. The molecule has 5 nitrogen and oxygen atoms in total. The summed E-state index contributed by atoms with van der Waals surface area (Å²) in [7, 11) is 1.60. The summed E-state index contributed by atoms with van der Waals surface area (Å²) in [5, 5.41) is 4.06. The van der Waals surface area contributed by atoms with Crippen LogP contribution in [0, 0.1) is 0 Å².